The number of halogens is 1. The molecule has 0 fully saturated rings. The molecule has 0 aliphatic heterocycles. The number of benzene rings is 4. The molecule has 6 aromatic rings. The van der Waals surface area contributed by atoms with Crippen LogP contribution >= 0.6 is 11.8 Å². The van der Waals surface area contributed by atoms with Crippen LogP contribution in [0.1, 0.15) is 15.9 Å². The minimum absolute atomic E-state index is 0.00602. The highest BCUT2D eigenvalue weighted by molar-refractivity contribution is 7.99. The molecule has 0 radical (unpaired) electrons. The van der Waals surface area contributed by atoms with Crippen LogP contribution in [0.25, 0.3) is 34.5 Å². The average molecular weight is 692 g/mol. The molecule has 0 bridgehead atoms. The Bertz CT molecular complexity index is 2120. The van der Waals surface area contributed by atoms with Crippen LogP contribution in [0.5, 0.6) is 17.2 Å². The highest BCUT2D eigenvalue weighted by Crippen LogP contribution is 2.38. The summed E-state index contributed by atoms with van der Waals surface area (Å²) in [5.41, 5.74) is 4.22. The van der Waals surface area contributed by atoms with Gasteiger partial charge in [0.1, 0.15) is 11.5 Å². The minimum Gasteiger partial charge on any atom is -0.493 e. The zero-order valence-electron chi connectivity index (χ0n) is 27.1. The van der Waals surface area contributed by atoms with Crippen LogP contribution < -0.4 is 19.5 Å². The van der Waals surface area contributed by atoms with Gasteiger partial charge in [0.2, 0.25) is 11.7 Å². The lowest BCUT2D eigenvalue weighted by Gasteiger charge is -2.12. The van der Waals surface area contributed by atoms with Gasteiger partial charge in [0.25, 0.3) is 11.1 Å². The molecular weight excluding hydrogens is 662 g/mol. The van der Waals surface area contributed by atoms with E-state index in [9.17, 15) is 14.0 Å². The van der Waals surface area contributed by atoms with E-state index in [1.165, 1.54) is 39.5 Å². The van der Waals surface area contributed by atoms with E-state index in [4.69, 9.17) is 23.7 Å². The first kappa shape index (κ1) is 33.7. The zero-order valence-corrected chi connectivity index (χ0v) is 27.9. The van der Waals surface area contributed by atoms with Gasteiger partial charge in [-0.25, -0.2) is 9.07 Å². The maximum atomic E-state index is 13.6. The highest BCUT2D eigenvalue weighted by Gasteiger charge is 2.20. The lowest BCUT2D eigenvalue weighted by atomic mass is 10.1. The van der Waals surface area contributed by atoms with Gasteiger partial charge in [-0.3, -0.25) is 9.59 Å². The first-order valence-electron chi connectivity index (χ1n) is 15.1. The summed E-state index contributed by atoms with van der Waals surface area (Å²) in [5.74, 6) is 0.713. The van der Waals surface area contributed by atoms with Crippen molar-refractivity contribution in [1.82, 2.24) is 20.0 Å². The lowest BCUT2D eigenvalue weighted by molar-refractivity contribution is -0.113. The molecule has 6 rings (SSSR count). The molecule has 0 saturated carbocycles. The SMILES string of the molecule is COc1cc(/C=C/C(=O)c2ccc(NC(=O)CSc3nnc(-c4cn(-c5ccccc5)nc4-c4ccc(F)cc4)o3)cc2)cc(OC)c1OC. The number of allylic oxidation sites excluding steroid dienone is 1. The number of methoxy groups -OCH3 is 3. The van der Waals surface area contributed by atoms with Crippen LogP contribution in [0.15, 0.2) is 113 Å². The van der Waals surface area contributed by atoms with Crippen molar-refractivity contribution in [2.75, 3.05) is 32.4 Å². The van der Waals surface area contributed by atoms with Gasteiger partial charge in [0.05, 0.1) is 38.3 Å². The smallest absolute Gasteiger partial charge is 0.277 e. The molecule has 11 nitrogen and oxygen atoms in total. The first-order valence-corrected chi connectivity index (χ1v) is 16.1. The average Bonchev–Trinajstić information content (AvgIpc) is 3.81. The maximum absolute atomic E-state index is 13.6. The standard InChI is InChI=1S/C37H30FN5O6S/c1-46-31-19-23(20-32(47-2)35(31)48-3)9-18-30(44)24-12-16-27(17-13-24)39-33(45)22-50-37-41-40-36(49-37)29-21-43(28-7-5-4-6-8-28)42-34(29)25-10-14-26(38)15-11-25/h4-21H,22H2,1-3H3,(H,39,45)/b18-9+. The number of hydrogen-bond donors (Lipinski definition) is 1. The molecule has 0 spiro atoms. The molecule has 1 N–H and O–H groups in total. The molecule has 1 amide bonds. The van der Waals surface area contributed by atoms with Crippen molar-refractivity contribution in [3.8, 4) is 45.6 Å². The van der Waals surface area contributed by atoms with E-state index < -0.39 is 0 Å². The minimum atomic E-state index is -0.363. The van der Waals surface area contributed by atoms with Crippen LogP contribution in [-0.4, -0.2) is 58.8 Å². The quantitative estimate of drug-likeness (QED) is 0.0744. The Labute approximate surface area is 290 Å². The molecule has 0 atom stereocenters. The van der Waals surface area contributed by atoms with Crippen molar-refractivity contribution in [2.45, 2.75) is 5.22 Å². The molecule has 13 heteroatoms. The number of nitrogens with one attached hydrogen (secondary N) is 1. The molecule has 0 aliphatic rings. The maximum Gasteiger partial charge on any atom is 0.277 e. The van der Waals surface area contributed by atoms with Crippen molar-refractivity contribution in [3.63, 3.8) is 0 Å². The summed E-state index contributed by atoms with van der Waals surface area (Å²) >= 11 is 1.07. The number of rotatable bonds is 13. The van der Waals surface area contributed by atoms with Gasteiger partial charge in [0.15, 0.2) is 17.3 Å². The summed E-state index contributed by atoms with van der Waals surface area (Å²) in [7, 11) is 4.56. The summed E-state index contributed by atoms with van der Waals surface area (Å²) < 4.78 is 37.3. The van der Waals surface area contributed by atoms with Gasteiger partial charge in [0, 0.05) is 23.0 Å². The second kappa shape index (κ2) is 15.3. The van der Waals surface area contributed by atoms with Gasteiger partial charge >= 0.3 is 0 Å². The number of para-hydroxylation sites is 1. The predicted molar refractivity (Wildman–Crippen MR) is 188 cm³/mol. The number of thioether (sulfide) groups is 1. The molecule has 4 aromatic carbocycles. The van der Waals surface area contributed by atoms with E-state index in [1.807, 2.05) is 30.3 Å². The third kappa shape index (κ3) is 7.74. The molecule has 0 saturated heterocycles. The summed E-state index contributed by atoms with van der Waals surface area (Å²) in [5, 5.41) is 16.0. The number of aromatic nitrogens is 4. The molecule has 2 heterocycles. The fourth-order valence-electron chi connectivity index (χ4n) is 4.95. The predicted octanol–water partition coefficient (Wildman–Crippen LogP) is 7.38. The lowest BCUT2D eigenvalue weighted by Crippen LogP contribution is -2.14. The van der Waals surface area contributed by atoms with Gasteiger partial charge < -0.3 is 23.9 Å². The van der Waals surface area contributed by atoms with Crippen LogP contribution in [0, 0.1) is 5.82 Å². The summed E-state index contributed by atoms with van der Waals surface area (Å²) in [6.07, 6.45) is 4.86. The van der Waals surface area contributed by atoms with Crippen LogP contribution in [0.2, 0.25) is 0 Å². The summed E-state index contributed by atoms with van der Waals surface area (Å²) in [6, 6.07) is 25.5. The third-order valence-corrected chi connectivity index (χ3v) is 8.20. The van der Waals surface area contributed by atoms with Gasteiger partial charge in [-0.15, -0.1) is 10.2 Å². The molecule has 0 aliphatic carbocycles. The number of nitrogens with zero attached hydrogens (tertiary/aromatic N) is 4. The van der Waals surface area contributed by atoms with E-state index in [0.717, 1.165) is 17.4 Å². The largest absolute Gasteiger partial charge is 0.493 e. The molecule has 50 heavy (non-hydrogen) atoms. The molecule has 252 valence electrons. The third-order valence-electron chi connectivity index (χ3n) is 7.38. The number of amides is 1. The number of ether oxygens (including phenoxy) is 3. The van der Waals surface area contributed by atoms with E-state index in [0.29, 0.717) is 50.9 Å². The zero-order chi connectivity index (χ0) is 35.0. The number of hydrogen-bond acceptors (Lipinski definition) is 10. The number of carbonyl (C=O) groups excluding carboxylic acids is 2. The summed E-state index contributed by atoms with van der Waals surface area (Å²) in [6.45, 7) is 0. The Kier molecular flexibility index (Phi) is 10.3. The fraction of sp³-hybridized carbons (Fsp3) is 0.108. The normalized spacial score (nSPS) is 11.0. The Morgan fingerprint density at radius 2 is 1.60 bits per heavy atom. The fourth-order valence-corrected chi connectivity index (χ4v) is 5.51. The van der Waals surface area contributed by atoms with E-state index in [1.54, 1.807) is 65.5 Å². The Morgan fingerprint density at radius 1 is 0.900 bits per heavy atom. The molecule has 0 unspecified atom stereocenters. The van der Waals surface area contributed by atoms with Crippen LogP contribution in [0.4, 0.5) is 10.1 Å². The van der Waals surface area contributed by atoms with Crippen LogP contribution in [0.3, 0.4) is 0 Å². The van der Waals surface area contributed by atoms with E-state index in [2.05, 4.69) is 15.5 Å². The van der Waals surface area contributed by atoms with Crippen LogP contribution in [-0.2, 0) is 4.79 Å². The van der Waals surface area contributed by atoms with Crippen molar-refractivity contribution < 1.29 is 32.6 Å². The number of ketones is 1. The van der Waals surface area contributed by atoms with Gasteiger partial charge in [-0.1, -0.05) is 36.0 Å². The van der Waals surface area contributed by atoms with Crippen molar-refractivity contribution >= 4 is 35.2 Å². The molecular formula is C37H30FN5O6S. The number of anilines is 1. The van der Waals surface area contributed by atoms with Crippen molar-refractivity contribution in [3.05, 3.63) is 120 Å². The molecule has 2 aromatic heterocycles. The van der Waals surface area contributed by atoms with Gasteiger partial charge in [-0.05, 0) is 84.4 Å². The van der Waals surface area contributed by atoms with Gasteiger partial charge in [-0.2, -0.15) is 5.10 Å². The van der Waals surface area contributed by atoms with Crippen molar-refractivity contribution in [2.24, 2.45) is 0 Å². The summed E-state index contributed by atoms with van der Waals surface area (Å²) in [4.78, 5) is 25.6. The second-order valence-corrected chi connectivity index (χ2v) is 11.5. The Balaban J connectivity index is 1.08. The first-order chi connectivity index (χ1) is 24.3. The second-order valence-electron chi connectivity index (χ2n) is 10.6. The monoisotopic (exact) mass is 691 g/mol. The van der Waals surface area contributed by atoms with E-state index >= 15 is 0 Å². The Morgan fingerprint density at radius 3 is 2.26 bits per heavy atom. The highest BCUT2D eigenvalue weighted by atomic mass is 32.2. The number of carbonyl (C=O) groups is 2. The van der Waals surface area contributed by atoms with Crippen molar-refractivity contribution in [1.29, 1.82) is 0 Å². The Hall–Kier alpha value is -6.21. The topological polar surface area (TPSA) is 131 Å². The van der Waals surface area contributed by atoms with E-state index in [-0.39, 0.29) is 34.4 Å².